The number of nitrogens with one attached hydrogen (secondary N) is 1. The van der Waals surface area contributed by atoms with E-state index in [2.05, 4.69) is 29.6 Å². The van der Waals surface area contributed by atoms with Crippen molar-refractivity contribution in [1.82, 2.24) is 10.2 Å². The van der Waals surface area contributed by atoms with Gasteiger partial charge in [-0.25, -0.2) is 4.79 Å². The van der Waals surface area contributed by atoms with Crippen LogP contribution in [-0.2, 0) is 5.41 Å². The van der Waals surface area contributed by atoms with Gasteiger partial charge in [0.15, 0.2) is 0 Å². The topological polar surface area (TPSA) is 52.6 Å². The summed E-state index contributed by atoms with van der Waals surface area (Å²) in [6.07, 6.45) is 3.61. The molecule has 1 aromatic carbocycles. The van der Waals surface area contributed by atoms with Gasteiger partial charge < -0.3 is 15.3 Å². The van der Waals surface area contributed by atoms with Gasteiger partial charge >= 0.3 is 6.03 Å². The molecule has 4 nitrogen and oxygen atoms in total. The predicted molar refractivity (Wildman–Crippen MR) is 77.6 cm³/mol. The van der Waals surface area contributed by atoms with E-state index in [9.17, 15) is 9.90 Å². The fraction of sp³-hybridized carbons (Fsp3) is 0.562. The molecule has 0 bridgehead atoms. The molecule has 108 valence electrons. The molecule has 1 atom stereocenters. The summed E-state index contributed by atoms with van der Waals surface area (Å²) in [4.78, 5) is 13.9. The number of carbonyl (C=O) groups is 1. The Labute approximate surface area is 119 Å². The number of hydrogen-bond acceptors (Lipinski definition) is 2. The number of carbonyl (C=O) groups excluding carboxylic acids is 1. The van der Waals surface area contributed by atoms with Crippen molar-refractivity contribution in [2.45, 2.75) is 37.2 Å². The van der Waals surface area contributed by atoms with Crippen LogP contribution in [-0.4, -0.2) is 41.8 Å². The van der Waals surface area contributed by atoms with Crippen molar-refractivity contribution in [3.05, 3.63) is 35.9 Å². The third kappa shape index (κ3) is 2.80. The van der Waals surface area contributed by atoms with E-state index in [1.54, 1.807) is 4.90 Å². The molecule has 20 heavy (non-hydrogen) atoms. The molecular formula is C16H22N2O2. The Morgan fingerprint density at radius 2 is 2.10 bits per heavy atom. The molecule has 2 fully saturated rings. The van der Waals surface area contributed by atoms with Crippen LogP contribution in [0.1, 0.15) is 31.2 Å². The average molecular weight is 274 g/mol. The second-order valence-corrected chi connectivity index (χ2v) is 6.05. The van der Waals surface area contributed by atoms with E-state index in [-0.39, 0.29) is 17.6 Å². The summed E-state index contributed by atoms with van der Waals surface area (Å²) >= 11 is 0. The van der Waals surface area contributed by atoms with E-state index in [0.717, 1.165) is 32.2 Å². The standard InChI is InChI=1S/C16H22N2O2/c19-14-7-4-10-18(11-14)15(20)17-12-16(8-9-16)13-5-2-1-3-6-13/h1-3,5-6,14,19H,4,7-12H2,(H,17,20). The maximum absolute atomic E-state index is 12.2. The molecule has 2 aliphatic rings. The summed E-state index contributed by atoms with van der Waals surface area (Å²) in [6, 6.07) is 10.4. The fourth-order valence-corrected chi connectivity index (χ4v) is 3.01. The number of piperidine rings is 1. The van der Waals surface area contributed by atoms with Crippen molar-refractivity contribution < 1.29 is 9.90 Å². The van der Waals surface area contributed by atoms with Crippen LogP contribution in [0.15, 0.2) is 30.3 Å². The van der Waals surface area contributed by atoms with E-state index < -0.39 is 0 Å². The first-order chi connectivity index (χ1) is 9.70. The molecule has 1 heterocycles. The molecule has 1 aromatic rings. The zero-order valence-corrected chi connectivity index (χ0v) is 11.7. The first-order valence-corrected chi connectivity index (χ1v) is 7.46. The Morgan fingerprint density at radius 1 is 1.35 bits per heavy atom. The van der Waals surface area contributed by atoms with Crippen molar-refractivity contribution in [1.29, 1.82) is 0 Å². The van der Waals surface area contributed by atoms with E-state index in [0.29, 0.717) is 13.1 Å². The molecule has 1 saturated carbocycles. The van der Waals surface area contributed by atoms with Crippen LogP contribution in [0.5, 0.6) is 0 Å². The molecule has 2 N–H and O–H groups in total. The molecule has 3 rings (SSSR count). The largest absolute Gasteiger partial charge is 0.391 e. The normalized spacial score (nSPS) is 24.2. The third-order valence-electron chi connectivity index (χ3n) is 4.50. The van der Waals surface area contributed by atoms with Crippen LogP contribution in [0, 0.1) is 0 Å². The van der Waals surface area contributed by atoms with Crippen molar-refractivity contribution >= 4 is 6.03 Å². The molecular weight excluding hydrogens is 252 g/mol. The van der Waals surface area contributed by atoms with E-state index in [1.165, 1.54) is 5.56 Å². The van der Waals surface area contributed by atoms with Crippen LogP contribution in [0.4, 0.5) is 4.79 Å². The van der Waals surface area contributed by atoms with Gasteiger partial charge in [-0.3, -0.25) is 0 Å². The SMILES string of the molecule is O=C(NCC1(c2ccccc2)CC1)N1CCCC(O)C1. The predicted octanol–water partition coefficient (Wildman–Crippen LogP) is 1.88. The molecule has 0 spiro atoms. The van der Waals surface area contributed by atoms with Crippen molar-refractivity contribution in [2.75, 3.05) is 19.6 Å². The van der Waals surface area contributed by atoms with Gasteiger partial charge in [0.25, 0.3) is 0 Å². The highest BCUT2D eigenvalue weighted by molar-refractivity contribution is 5.74. The zero-order valence-electron chi connectivity index (χ0n) is 11.7. The second-order valence-electron chi connectivity index (χ2n) is 6.05. The molecule has 1 aliphatic heterocycles. The van der Waals surface area contributed by atoms with Gasteiger partial charge in [-0.1, -0.05) is 30.3 Å². The molecule has 1 unspecified atom stereocenters. The Morgan fingerprint density at radius 3 is 2.75 bits per heavy atom. The van der Waals surface area contributed by atoms with Crippen LogP contribution < -0.4 is 5.32 Å². The van der Waals surface area contributed by atoms with Crippen LogP contribution in [0.3, 0.4) is 0 Å². The summed E-state index contributed by atoms with van der Waals surface area (Å²) in [5.74, 6) is 0. The third-order valence-corrected chi connectivity index (χ3v) is 4.50. The average Bonchev–Trinajstić information content (AvgIpc) is 3.27. The smallest absolute Gasteiger partial charge is 0.317 e. The first-order valence-electron chi connectivity index (χ1n) is 7.46. The monoisotopic (exact) mass is 274 g/mol. The molecule has 0 radical (unpaired) electrons. The van der Waals surface area contributed by atoms with E-state index >= 15 is 0 Å². The number of likely N-dealkylation sites (tertiary alicyclic amines) is 1. The van der Waals surface area contributed by atoms with Gasteiger partial charge in [0.1, 0.15) is 0 Å². The van der Waals surface area contributed by atoms with Gasteiger partial charge in [0, 0.05) is 25.0 Å². The van der Waals surface area contributed by atoms with Gasteiger partial charge in [-0.05, 0) is 31.2 Å². The van der Waals surface area contributed by atoms with Crippen molar-refractivity contribution in [3.8, 4) is 0 Å². The molecule has 2 amide bonds. The number of benzene rings is 1. The van der Waals surface area contributed by atoms with Gasteiger partial charge in [-0.15, -0.1) is 0 Å². The Balaban J connectivity index is 1.56. The quantitative estimate of drug-likeness (QED) is 0.884. The van der Waals surface area contributed by atoms with Crippen molar-refractivity contribution in [2.24, 2.45) is 0 Å². The van der Waals surface area contributed by atoms with Crippen LogP contribution >= 0.6 is 0 Å². The Kier molecular flexibility index (Phi) is 3.66. The van der Waals surface area contributed by atoms with Crippen LogP contribution in [0.25, 0.3) is 0 Å². The van der Waals surface area contributed by atoms with E-state index in [4.69, 9.17) is 0 Å². The molecule has 4 heteroatoms. The highest BCUT2D eigenvalue weighted by atomic mass is 16.3. The molecule has 1 aliphatic carbocycles. The number of nitrogens with zero attached hydrogens (tertiary/aromatic N) is 1. The van der Waals surface area contributed by atoms with Gasteiger partial charge in [0.05, 0.1) is 6.10 Å². The summed E-state index contributed by atoms with van der Waals surface area (Å²) in [5, 5.41) is 12.7. The highest BCUT2D eigenvalue weighted by Gasteiger charge is 2.44. The summed E-state index contributed by atoms with van der Waals surface area (Å²) < 4.78 is 0. The Hall–Kier alpha value is -1.55. The highest BCUT2D eigenvalue weighted by Crippen LogP contribution is 2.47. The lowest BCUT2D eigenvalue weighted by Gasteiger charge is -2.30. The maximum Gasteiger partial charge on any atom is 0.317 e. The first kappa shape index (κ1) is 13.4. The summed E-state index contributed by atoms with van der Waals surface area (Å²) in [5.41, 5.74) is 1.46. The number of β-amino-alcohol motifs (C(OH)–C–C–N with tert-alkyl or cyclic N) is 1. The zero-order chi connectivity index (χ0) is 14.0. The van der Waals surface area contributed by atoms with Crippen molar-refractivity contribution in [3.63, 3.8) is 0 Å². The van der Waals surface area contributed by atoms with E-state index in [1.807, 2.05) is 6.07 Å². The number of aliphatic hydroxyl groups is 1. The summed E-state index contributed by atoms with van der Waals surface area (Å²) in [7, 11) is 0. The molecule has 1 saturated heterocycles. The lowest BCUT2D eigenvalue weighted by molar-refractivity contribution is 0.0841. The van der Waals surface area contributed by atoms with Gasteiger partial charge in [-0.2, -0.15) is 0 Å². The fourth-order valence-electron chi connectivity index (χ4n) is 3.01. The number of aliphatic hydroxyl groups excluding tert-OH is 1. The number of urea groups is 1. The minimum absolute atomic E-state index is 0.0362. The number of amides is 2. The Bertz CT molecular complexity index is 471. The van der Waals surface area contributed by atoms with Gasteiger partial charge in [0.2, 0.25) is 0 Å². The minimum Gasteiger partial charge on any atom is -0.391 e. The molecule has 0 aromatic heterocycles. The van der Waals surface area contributed by atoms with Crippen LogP contribution in [0.2, 0.25) is 0 Å². The lowest BCUT2D eigenvalue weighted by atomic mass is 9.96. The summed E-state index contributed by atoms with van der Waals surface area (Å²) in [6.45, 7) is 1.91. The number of hydrogen-bond donors (Lipinski definition) is 2. The minimum atomic E-state index is -0.362. The second kappa shape index (κ2) is 5.44. The lowest BCUT2D eigenvalue weighted by Crippen LogP contribution is -2.48. The maximum atomic E-state index is 12.2. The number of rotatable bonds is 3.